The molecule has 0 aromatic heterocycles. The van der Waals surface area contributed by atoms with Crippen LogP contribution in [0.25, 0.3) is 0 Å². The lowest BCUT2D eigenvalue weighted by molar-refractivity contribution is -0.224. The van der Waals surface area contributed by atoms with Crippen LogP contribution >= 0.6 is 0 Å². The van der Waals surface area contributed by atoms with Crippen molar-refractivity contribution in [2.45, 2.75) is 117 Å². The molecule has 0 aliphatic rings. The Morgan fingerprint density at radius 2 is 1.52 bits per heavy atom. The zero-order valence-corrected chi connectivity index (χ0v) is 19.4. The highest BCUT2D eigenvalue weighted by Gasteiger charge is 2.31. The molecule has 1 unspecified atom stereocenters. The molecule has 0 aliphatic carbocycles. The second-order valence-corrected chi connectivity index (χ2v) is 8.30. The minimum atomic E-state index is -0.952. The smallest absolute Gasteiger partial charge is 0.329 e. The Morgan fingerprint density at radius 1 is 0.897 bits per heavy atom. The molecule has 29 heavy (non-hydrogen) atoms. The Bertz CT molecular complexity index is 500. The van der Waals surface area contributed by atoms with Gasteiger partial charge in [0.05, 0.1) is 6.42 Å². The van der Waals surface area contributed by atoms with E-state index in [4.69, 9.17) is 14.2 Å². The van der Waals surface area contributed by atoms with Gasteiger partial charge in [-0.15, -0.1) is 0 Å². The second-order valence-electron chi connectivity index (χ2n) is 8.30. The van der Waals surface area contributed by atoms with Crippen LogP contribution in [0.3, 0.4) is 0 Å². The lowest BCUT2D eigenvalue weighted by Crippen LogP contribution is -2.44. The highest BCUT2D eigenvalue weighted by atomic mass is 16.7. The van der Waals surface area contributed by atoms with Gasteiger partial charge in [-0.05, 0) is 27.2 Å². The average Bonchev–Trinajstić information content (AvgIpc) is 2.65. The van der Waals surface area contributed by atoms with E-state index >= 15 is 0 Å². The van der Waals surface area contributed by atoms with Gasteiger partial charge in [-0.1, -0.05) is 46.5 Å². The molecule has 170 valence electrons. The fraction of sp³-hybridized carbons (Fsp3) is 0.864. The number of amides is 1. The van der Waals surface area contributed by atoms with Gasteiger partial charge in [-0.2, -0.15) is 0 Å². The summed E-state index contributed by atoms with van der Waals surface area (Å²) >= 11 is 0. The zero-order valence-electron chi connectivity index (χ0n) is 19.4. The van der Waals surface area contributed by atoms with Gasteiger partial charge < -0.3 is 19.5 Å². The number of hydrogen-bond donors (Lipinski definition) is 1. The van der Waals surface area contributed by atoms with Gasteiger partial charge in [0.25, 0.3) is 0 Å². The summed E-state index contributed by atoms with van der Waals surface area (Å²) < 4.78 is 16.2. The van der Waals surface area contributed by atoms with Gasteiger partial charge >= 0.3 is 11.9 Å². The molecule has 0 aromatic rings. The van der Waals surface area contributed by atoms with Crippen molar-refractivity contribution in [3.05, 3.63) is 0 Å². The number of carbonyl (C=O) groups excluding carboxylic acids is 3. The fourth-order valence-electron chi connectivity index (χ4n) is 2.86. The molecule has 0 rings (SSSR count). The Morgan fingerprint density at radius 3 is 2.00 bits per heavy atom. The van der Waals surface area contributed by atoms with Crippen molar-refractivity contribution in [2.75, 3.05) is 7.11 Å². The van der Waals surface area contributed by atoms with E-state index < -0.39 is 29.4 Å². The molecule has 1 atom stereocenters. The minimum absolute atomic E-state index is 0.0552. The third-order valence-electron chi connectivity index (χ3n) is 4.68. The molecule has 0 saturated carbocycles. The van der Waals surface area contributed by atoms with E-state index in [-0.39, 0.29) is 18.7 Å². The summed E-state index contributed by atoms with van der Waals surface area (Å²) in [4.78, 5) is 36.9. The molecule has 0 saturated heterocycles. The summed E-state index contributed by atoms with van der Waals surface area (Å²) in [6.07, 6.45) is 5.42. The van der Waals surface area contributed by atoms with Crippen LogP contribution in [0.4, 0.5) is 0 Å². The molecule has 0 spiro atoms. The number of rotatable bonds is 14. The SMILES string of the molecule is CCCCCCC(NC(=O)CCC(=O)OC(CC)(CC)OC)C(=O)OC(C)(C)C. The quantitative estimate of drug-likeness (QED) is 0.259. The summed E-state index contributed by atoms with van der Waals surface area (Å²) in [5.41, 5.74) is -0.628. The van der Waals surface area contributed by atoms with Crippen molar-refractivity contribution in [1.82, 2.24) is 5.32 Å². The Labute approximate surface area is 176 Å². The van der Waals surface area contributed by atoms with Crippen LogP contribution in [0.15, 0.2) is 0 Å². The molecule has 0 fully saturated rings. The van der Waals surface area contributed by atoms with Crippen LogP contribution in [-0.4, -0.2) is 42.4 Å². The first-order valence-electron chi connectivity index (χ1n) is 10.8. The van der Waals surface area contributed by atoms with Crippen LogP contribution in [0.2, 0.25) is 0 Å². The molecule has 0 aliphatic heterocycles. The van der Waals surface area contributed by atoms with Crippen LogP contribution in [-0.2, 0) is 28.6 Å². The molecule has 0 radical (unpaired) electrons. The molecule has 1 N–H and O–H groups in total. The molecular formula is C22H41NO6. The fourth-order valence-corrected chi connectivity index (χ4v) is 2.86. The topological polar surface area (TPSA) is 90.9 Å². The maximum Gasteiger partial charge on any atom is 0.329 e. The van der Waals surface area contributed by atoms with E-state index in [0.29, 0.717) is 19.3 Å². The van der Waals surface area contributed by atoms with E-state index in [1.165, 1.54) is 7.11 Å². The Kier molecular flexibility index (Phi) is 12.8. The van der Waals surface area contributed by atoms with Gasteiger partial charge in [0.15, 0.2) is 0 Å². The molecule has 7 heteroatoms. The summed E-state index contributed by atoms with van der Waals surface area (Å²) in [7, 11) is 1.50. The predicted molar refractivity (Wildman–Crippen MR) is 112 cm³/mol. The number of nitrogens with one attached hydrogen (secondary N) is 1. The van der Waals surface area contributed by atoms with Crippen molar-refractivity contribution in [3.8, 4) is 0 Å². The molecule has 0 aromatic carbocycles. The van der Waals surface area contributed by atoms with E-state index in [1.807, 2.05) is 13.8 Å². The van der Waals surface area contributed by atoms with Crippen molar-refractivity contribution in [2.24, 2.45) is 0 Å². The largest absolute Gasteiger partial charge is 0.458 e. The summed E-state index contributed by atoms with van der Waals surface area (Å²) in [6.45, 7) is 11.2. The van der Waals surface area contributed by atoms with Crippen molar-refractivity contribution < 1.29 is 28.6 Å². The van der Waals surface area contributed by atoms with Crippen molar-refractivity contribution >= 4 is 17.8 Å². The lowest BCUT2D eigenvalue weighted by atomic mass is 10.1. The first-order valence-corrected chi connectivity index (χ1v) is 10.8. The summed E-state index contributed by atoms with van der Waals surface area (Å²) in [6, 6.07) is -0.709. The number of carbonyl (C=O) groups is 3. The average molecular weight is 416 g/mol. The van der Waals surface area contributed by atoms with Gasteiger partial charge in [0.2, 0.25) is 11.7 Å². The third-order valence-corrected chi connectivity index (χ3v) is 4.68. The van der Waals surface area contributed by atoms with E-state index in [1.54, 1.807) is 20.8 Å². The van der Waals surface area contributed by atoms with Crippen molar-refractivity contribution in [3.63, 3.8) is 0 Å². The maximum atomic E-state index is 12.5. The molecule has 0 heterocycles. The van der Waals surface area contributed by atoms with E-state index in [2.05, 4.69) is 12.2 Å². The highest BCUT2D eigenvalue weighted by molar-refractivity contribution is 5.86. The van der Waals surface area contributed by atoms with Gasteiger partial charge in [0.1, 0.15) is 11.6 Å². The molecule has 1 amide bonds. The molecule has 7 nitrogen and oxygen atoms in total. The van der Waals surface area contributed by atoms with Gasteiger partial charge in [0, 0.05) is 26.4 Å². The zero-order chi connectivity index (χ0) is 22.5. The van der Waals surface area contributed by atoms with Crippen LogP contribution in [0, 0.1) is 0 Å². The molecular weight excluding hydrogens is 374 g/mol. The number of esters is 2. The standard InChI is InChI=1S/C22H41NO6/c1-8-11-12-13-14-17(20(26)29-21(4,5)6)23-18(24)15-16-19(25)28-22(9-2,10-3)27-7/h17H,8-16H2,1-7H3,(H,23,24). The predicted octanol–water partition coefficient (Wildman–Crippen LogP) is 4.27. The van der Waals surface area contributed by atoms with Crippen LogP contribution in [0.5, 0.6) is 0 Å². The van der Waals surface area contributed by atoms with Crippen LogP contribution < -0.4 is 5.32 Å². The maximum absolute atomic E-state index is 12.5. The Hall–Kier alpha value is -1.63. The first-order chi connectivity index (χ1) is 13.5. The normalized spacial score (nSPS) is 12.9. The minimum Gasteiger partial charge on any atom is -0.458 e. The van der Waals surface area contributed by atoms with E-state index in [9.17, 15) is 14.4 Å². The monoisotopic (exact) mass is 415 g/mol. The number of methoxy groups -OCH3 is 1. The van der Waals surface area contributed by atoms with Gasteiger partial charge in [-0.25, -0.2) is 4.79 Å². The second kappa shape index (κ2) is 13.6. The number of unbranched alkanes of at least 4 members (excludes halogenated alkanes) is 3. The van der Waals surface area contributed by atoms with Crippen molar-refractivity contribution in [1.29, 1.82) is 0 Å². The summed E-state index contributed by atoms with van der Waals surface area (Å²) in [5.74, 6) is -2.27. The summed E-state index contributed by atoms with van der Waals surface area (Å²) in [5, 5.41) is 2.72. The van der Waals surface area contributed by atoms with Crippen LogP contribution in [0.1, 0.15) is 99.3 Å². The van der Waals surface area contributed by atoms with E-state index in [0.717, 1.165) is 25.7 Å². The third kappa shape index (κ3) is 11.8. The Balaban J connectivity index is 4.74. The highest BCUT2D eigenvalue weighted by Crippen LogP contribution is 2.22. The number of hydrogen-bond acceptors (Lipinski definition) is 6. The first kappa shape index (κ1) is 27.4. The van der Waals surface area contributed by atoms with Gasteiger partial charge in [-0.3, -0.25) is 9.59 Å². The lowest BCUT2D eigenvalue weighted by Gasteiger charge is -2.29. The molecule has 0 bridgehead atoms. The number of ether oxygens (including phenoxy) is 3.